The predicted octanol–water partition coefficient (Wildman–Crippen LogP) is 17.5. The molecule has 19 aliphatic heterocycles. The molecule has 1 N–H and O–H groups in total. The maximum Gasteiger partial charge on any atom is 0.297 e. The molecule has 22 bridgehead atoms. The van der Waals surface area contributed by atoms with Crippen LogP contribution in [0.2, 0.25) is 36.3 Å². The number of rotatable bonds is 13. The molecule has 20 rings (SSSR count). The van der Waals surface area contributed by atoms with E-state index in [4.69, 9.17) is 84.1 Å². The largest absolute Gasteiger partial charge is 0.417 e. The van der Waals surface area contributed by atoms with Crippen molar-refractivity contribution in [2.45, 2.75) is 481 Å². The van der Waals surface area contributed by atoms with E-state index in [1.807, 2.05) is 6.92 Å². The summed E-state index contributed by atoms with van der Waals surface area (Å²) in [6.07, 6.45) is 9.46. The Morgan fingerprint density at radius 2 is 0.866 bits per heavy atom. The quantitative estimate of drug-likeness (QED) is 0.109. The van der Waals surface area contributed by atoms with Gasteiger partial charge in [-0.1, -0.05) is 127 Å². The monoisotopic (exact) mass is 1830 g/mol. The average molecular weight is 1830 g/mol. The van der Waals surface area contributed by atoms with Crippen molar-refractivity contribution in [1.82, 2.24) is 0 Å². The van der Waals surface area contributed by atoms with Crippen molar-refractivity contribution >= 4 is 38.3 Å². The third-order valence-corrected chi connectivity index (χ3v) is 44.8. The number of benzene rings is 1. The first-order valence-electron chi connectivity index (χ1n) is 49.6. The lowest BCUT2D eigenvalue weighted by molar-refractivity contribution is -0.292. The second-order valence-electron chi connectivity index (χ2n) is 46.0. The highest BCUT2D eigenvalue weighted by Crippen LogP contribution is 2.58. The Morgan fingerprint density at radius 1 is 0.449 bits per heavy atom. The lowest BCUT2D eigenvalue weighted by Crippen LogP contribution is -2.61. The molecule has 19 saturated heterocycles. The second kappa shape index (κ2) is 37.6. The highest BCUT2D eigenvalue weighted by Gasteiger charge is 2.71. The van der Waals surface area contributed by atoms with Crippen LogP contribution in [0.25, 0.3) is 0 Å². The van der Waals surface area contributed by atoms with Crippen LogP contribution >= 0.6 is 0 Å². The van der Waals surface area contributed by atoms with Crippen molar-refractivity contribution < 1.29 is 107 Å². The lowest BCUT2D eigenvalue weighted by atomic mass is 9.78. The van der Waals surface area contributed by atoms with Crippen molar-refractivity contribution in [2.24, 2.45) is 47.3 Å². The predicted molar refractivity (Wildman–Crippen MR) is 484 cm³/mol. The van der Waals surface area contributed by atoms with Crippen molar-refractivity contribution in [2.75, 3.05) is 13.2 Å². The van der Waals surface area contributed by atoms with Crippen LogP contribution in [0.15, 0.2) is 77.8 Å². The Morgan fingerprint density at radius 3 is 1.34 bits per heavy atom. The first-order valence-corrected chi connectivity index (χ1v) is 56.8. The summed E-state index contributed by atoms with van der Waals surface area (Å²) < 4.78 is 150. The number of hydrogen-bond donors (Lipinski definition) is 1. The third-order valence-electron chi connectivity index (χ3n) is 34.4. The third kappa shape index (κ3) is 20.3. The highest BCUT2D eigenvalue weighted by atomic mass is 32.2. The number of aryl methyl sites for hydroxylation is 1. The van der Waals surface area contributed by atoms with Crippen LogP contribution in [0.4, 0.5) is 0 Å². The number of aliphatic hydroxyl groups is 1. The van der Waals surface area contributed by atoms with E-state index in [0.717, 1.165) is 107 Å². The minimum absolute atomic E-state index is 0.0185. The molecular formula is C101H156O23SSi2. The minimum Gasteiger partial charge on any atom is -0.417 e. The van der Waals surface area contributed by atoms with Gasteiger partial charge >= 0.3 is 0 Å². The first kappa shape index (κ1) is 95.9. The maximum atomic E-state index is 14.5. The summed E-state index contributed by atoms with van der Waals surface area (Å²) in [4.78, 5) is 28.8. The molecule has 0 amide bonds. The molecule has 0 saturated carbocycles. The highest BCUT2D eigenvalue weighted by molar-refractivity contribution is 7.86. The molecule has 0 aliphatic carbocycles. The Labute approximate surface area is 760 Å². The molecule has 1 aromatic rings. The van der Waals surface area contributed by atoms with E-state index >= 15 is 0 Å². The molecular weight excluding hydrogens is 1670 g/mol. The maximum absolute atomic E-state index is 14.5. The van der Waals surface area contributed by atoms with E-state index in [1.165, 1.54) is 5.57 Å². The van der Waals surface area contributed by atoms with Crippen LogP contribution in [0.3, 0.4) is 0 Å². The summed E-state index contributed by atoms with van der Waals surface area (Å²) in [6, 6.07) is 6.59. The molecule has 712 valence electrons. The summed E-state index contributed by atoms with van der Waals surface area (Å²) in [5, 5.41) is 12.0. The molecule has 0 radical (unpaired) electrons. The molecule has 0 aromatic heterocycles. The molecule has 127 heavy (non-hydrogen) atoms. The Kier molecular flexibility index (Phi) is 28.4. The zero-order valence-corrected chi connectivity index (χ0v) is 82.4. The number of Topliss-reactive ketones (excluding diaryl/α,β-unsaturated/α-hetero) is 2. The van der Waals surface area contributed by atoms with Gasteiger partial charge in [-0.2, -0.15) is 8.42 Å². The Hall–Kier alpha value is -2.86. The van der Waals surface area contributed by atoms with Gasteiger partial charge in [0.15, 0.2) is 28.2 Å². The molecule has 23 nitrogen and oxygen atoms in total. The van der Waals surface area contributed by atoms with Gasteiger partial charge in [0.2, 0.25) is 0 Å². The van der Waals surface area contributed by atoms with E-state index in [1.54, 1.807) is 24.3 Å². The number of aliphatic hydroxyl groups excluding tert-OH is 1. The number of ketones is 2. The normalized spacial score (nSPS) is 45.5. The zero-order valence-electron chi connectivity index (χ0n) is 79.6. The molecule has 38 atom stereocenters. The fourth-order valence-electron chi connectivity index (χ4n) is 24.4. The van der Waals surface area contributed by atoms with Gasteiger partial charge in [-0.3, -0.25) is 13.8 Å². The van der Waals surface area contributed by atoms with Crippen LogP contribution in [-0.2, 0) is 104 Å². The fourth-order valence-corrected chi connectivity index (χ4v) is 27.8. The first-order chi connectivity index (χ1) is 59.9. The topological polar surface area (TPSA) is 255 Å². The summed E-state index contributed by atoms with van der Waals surface area (Å²) in [6.45, 7) is 57.7. The van der Waals surface area contributed by atoms with Crippen molar-refractivity contribution in [1.29, 1.82) is 0 Å². The molecule has 19 aliphatic rings. The molecule has 1 aromatic carbocycles. The van der Waals surface area contributed by atoms with Crippen LogP contribution in [0.1, 0.15) is 256 Å². The second-order valence-corrected chi connectivity index (χ2v) is 57.2. The van der Waals surface area contributed by atoms with Crippen LogP contribution in [-0.4, -0.2) is 237 Å². The summed E-state index contributed by atoms with van der Waals surface area (Å²) >= 11 is 0. The molecule has 19 fully saturated rings. The van der Waals surface area contributed by atoms with E-state index in [2.05, 4.69) is 136 Å². The van der Waals surface area contributed by atoms with Crippen LogP contribution < -0.4 is 0 Å². The van der Waals surface area contributed by atoms with Gasteiger partial charge in [0, 0.05) is 77.4 Å². The van der Waals surface area contributed by atoms with Gasteiger partial charge in [0.1, 0.15) is 72.6 Å². The van der Waals surface area contributed by atoms with Crippen LogP contribution in [0.5, 0.6) is 0 Å². The van der Waals surface area contributed by atoms with Gasteiger partial charge in [-0.05, 0) is 228 Å². The summed E-state index contributed by atoms with van der Waals surface area (Å²) in [5.41, 5.74) is 4.77. The van der Waals surface area contributed by atoms with Crippen LogP contribution in [0, 0.1) is 54.3 Å². The fraction of sp³-hybridized carbons (Fsp3) is 0.842. The number of carbonyl (C=O) groups is 2. The number of fused-ring (bicyclic) bond motifs is 10. The molecule has 26 heteroatoms. The van der Waals surface area contributed by atoms with Crippen molar-refractivity contribution in [3.63, 3.8) is 0 Å². The number of ether oxygens (including phenoxy) is 15. The van der Waals surface area contributed by atoms with Crippen molar-refractivity contribution in [3.8, 4) is 0 Å². The summed E-state index contributed by atoms with van der Waals surface area (Å²) in [7, 11) is -8.01. The number of carbonyl (C=O) groups excluding carboxylic acids is 2. The standard InChI is InChI=1S/C54H82O13SSi.C47H74O10Si/c1-30-12-16-40(17-13-30)68(57,58)67-39-20-21-54-28-47-49(65-54)50-51(64-47)52(66-54)48-43(63-50)19-15-38(61-48)25-36(55)26-41-35(6)44(22-31(2)29-59-69(10,11)53(7,8)9)62-46(41)27-45-34(5)32(3)23-37(60-45)14-18-42(56)33(4)24-39;1-25(24-49-58(9,10)46(6,7)8)17-37-29(5)34-21-30(48)20-32-12-14-36-41(52-32)45-44-43(54-36)42-40(55-44)23-47(56-42,57-45)16-15-33-19-27(3)35(50-33)13-11-31-18-26(2)28(4)38(51-31)22-39(34)53-37/h12-13,16-17,31-32,35,37-39,41-52,56H,4-5,14-15,18-29H2,1-3,6-11H3;25-26,29,31-45H,3-4,11-24H2,1-2,5-10H3/t31-,32+,35+,37?,38+,39+,41+,42-,43-,44+,45+,46?,47+,48-,49?,50-,51+,52?,54-;25-,26+,29+,31?,32+,33?,34+,35?,36-,37+,38+,39?,40+,41-,42?,43-,44+,45?,47-/m00/s1. The Bertz CT molecular complexity index is 4220. The number of hydrogen-bond acceptors (Lipinski definition) is 23. The zero-order chi connectivity index (χ0) is 90.3. The Balaban J connectivity index is 0.000000181. The van der Waals surface area contributed by atoms with Gasteiger partial charge in [0.05, 0.1) is 115 Å². The van der Waals surface area contributed by atoms with Gasteiger partial charge in [-0.15, -0.1) is 0 Å². The van der Waals surface area contributed by atoms with Crippen molar-refractivity contribution in [3.05, 3.63) is 78.4 Å². The molecule has 19 heterocycles. The van der Waals surface area contributed by atoms with E-state index in [-0.39, 0.29) is 222 Å². The van der Waals surface area contributed by atoms with Gasteiger partial charge in [0.25, 0.3) is 10.1 Å². The van der Waals surface area contributed by atoms with Gasteiger partial charge in [-0.25, -0.2) is 0 Å². The minimum atomic E-state index is -4.19. The average Bonchev–Trinajstić information content (AvgIpc) is 1.55. The molecule has 2 spiro atoms. The lowest BCUT2D eigenvalue weighted by Gasteiger charge is -2.47. The molecule has 10 unspecified atom stereocenters. The summed E-state index contributed by atoms with van der Waals surface area (Å²) in [5.74, 6) is 0.0813. The van der Waals surface area contributed by atoms with E-state index in [0.29, 0.717) is 88.2 Å². The van der Waals surface area contributed by atoms with Gasteiger partial charge < -0.3 is 85.0 Å². The van der Waals surface area contributed by atoms with E-state index < -0.39 is 68.8 Å². The smallest absolute Gasteiger partial charge is 0.297 e. The SMILES string of the molecule is C=C1CC2CC[C@@]34C[C@H]5O[C@H]6C(O3)[C@H]3O[C@H](CC[C@@H]3O[C@H]6C5O4)CC(=O)C[C@H]3C(C[C@H]4OC(CCC1O2)C[C@@H](C)C4=C)O[C@H](C[C@H](C)CO[Si](C)(C)C(C)(C)C)[C@@H]3C.C=C1C[C@H](OS(=O)(=O)c2ccc(C)cc2)CC[C@@]23C[C@H]4O[C@H]5C(O2)[C@H]2O[C@H](CC[C@@H]2O[C@H]5C4O3)CC(=O)C[C@H]2C(C[C@H]3OC(CC[C@@H]1O)C[C@@H](C)C3=C)O[C@H](C[C@H](C)CO[Si](C)(C)C(C)(C)C)[C@@H]2C. The van der Waals surface area contributed by atoms with E-state index in [9.17, 15) is 23.1 Å².